The Morgan fingerprint density at radius 2 is 1.83 bits per heavy atom. The van der Waals surface area contributed by atoms with Gasteiger partial charge in [-0.2, -0.15) is 0 Å². The number of hydrogen-bond donors (Lipinski definition) is 1. The van der Waals surface area contributed by atoms with Gasteiger partial charge in [-0.05, 0) is 35.9 Å². The number of allylic oxidation sites excluding steroid dienone is 1. The summed E-state index contributed by atoms with van der Waals surface area (Å²) in [5.41, 5.74) is 1.27. The van der Waals surface area contributed by atoms with Crippen molar-refractivity contribution in [1.82, 2.24) is 0 Å². The number of hydrogen-bond acceptors (Lipinski definition) is 4. The lowest BCUT2D eigenvalue weighted by atomic mass is 10.1. The molecule has 0 atom stereocenters. The van der Waals surface area contributed by atoms with Crippen LogP contribution in [0.25, 0.3) is 6.08 Å². The minimum Gasteiger partial charge on any atom is -0.326 e. The van der Waals surface area contributed by atoms with Crippen LogP contribution in [0.5, 0.6) is 0 Å². The first-order chi connectivity index (χ1) is 11.4. The molecule has 0 fully saturated rings. The van der Waals surface area contributed by atoms with E-state index in [2.05, 4.69) is 5.32 Å². The Bertz CT molecular complexity index is 829. The molecule has 122 valence electrons. The molecule has 0 bridgehead atoms. The Balaban J connectivity index is 2.14. The van der Waals surface area contributed by atoms with Crippen molar-refractivity contribution >= 4 is 40.7 Å². The van der Waals surface area contributed by atoms with Crippen LogP contribution < -0.4 is 5.32 Å². The summed E-state index contributed by atoms with van der Waals surface area (Å²) in [5, 5.41) is 13.5. The van der Waals surface area contributed by atoms with Crippen LogP contribution in [0.2, 0.25) is 5.02 Å². The summed E-state index contributed by atoms with van der Waals surface area (Å²) in [6.45, 7) is 1.41. The number of amides is 1. The molecule has 0 aromatic heterocycles. The monoisotopic (exact) mass is 344 g/mol. The maximum Gasteiger partial charge on any atom is 0.288 e. The van der Waals surface area contributed by atoms with Crippen molar-refractivity contribution in [3.05, 3.63) is 74.8 Å². The largest absolute Gasteiger partial charge is 0.326 e. The Hall–Kier alpha value is -2.99. The predicted molar refractivity (Wildman–Crippen MR) is 92.2 cm³/mol. The molecule has 0 saturated carbocycles. The van der Waals surface area contributed by atoms with E-state index >= 15 is 0 Å². The highest BCUT2D eigenvalue weighted by molar-refractivity contribution is 6.32. The van der Waals surface area contributed by atoms with Crippen LogP contribution in [0.15, 0.2) is 48.5 Å². The van der Waals surface area contributed by atoms with E-state index in [-0.39, 0.29) is 28.0 Å². The first-order valence-corrected chi connectivity index (χ1v) is 7.28. The lowest BCUT2D eigenvalue weighted by molar-refractivity contribution is -0.384. The van der Waals surface area contributed by atoms with Crippen LogP contribution in [-0.2, 0) is 4.79 Å². The first kappa shape index (κ1) is 17.4. The molecule has 1 amide bonds. The van der Waals surface area contributed by atoms with Gasteiger partial charge in [-0.15, -0.1) is 0 Å². The topological polar surface area (TPSA) is 89.3 Å². The molecule has 0 aliphatic carbocycles. The number of nitrogens with zero attached hydrogens (tertiary/aromatic N) is 1. The van der Waals surface area contributed by atoms with Crippen molar-refractivity contribution in [3.63, 3.8) is 0 Å². The zero-order valence-electron chi connectivity index (χ0n) is 12.7. The average Bonchev–Trinajstić information content (AvgIpc) is 2.53. The molecule has 0 aliphatic heterocycles. The summed E-state index contributed by atoms with van der Waals surface area (Å²) in [6.07, 6.45) is 2.90. The number of carbonyl (C=O) groups is 2. The fourth-order valence-corrected chi connectivity index (χ4v) is 2.14. The van der Waals surface area contributed by atoms with Gasteiger partial charge in [-0.1, -0.05) is 29.8 Å². The summed E-state index contributed by atoms with van der Waals surface area (Å²) in [7, 11) is 0. The molecule has 1 N–H and O–H groups in total. The number of benzene rings is 2. The third-order valence-corrected chi connectivity index (χ3v) is 3.41. The molecule has 0 heterocycles. The van der Waals surface area contributed by atoms with Gasteiger partial charge in [-0.25, -0.2) is 0 Å². The van der Waals surface area contributed by atoms with Crippen LogP contribution >= 0.6 is 11.6 Å². The van der Waals surface area contributed by atoms with E-state index in [1.807, 2.05) is 0 Å². The Morgan fingerprint density at radius 3 is 2.42 bits per heavy atom. The molecule has 0 spiro atoms. The second-order valence-corrected chi connectivity index (χ2v) is 5.33. The zero-order chi connectivity index (χ0) is 17.7. The van der Waals surface area contributed by atoms with Crippen molar-refractivity contribution < 1.29 is 14.5 Å². The highest BCUT2D eigenvalue weighted by atomic mass is 35.5. The fourth-order valence-electron chi connectivity index (χ4n) is 1.95. The van der Waals surface area contributed by atoms with Gasteiger partial charge >= 0.3 is 0 Å². The SMILES string of the molecule is CC(=O)Nc1ccc(/C=C/C(=O)c2ccc(Cl)c([N+](=O)[O-])c2)cc1. The first-order valence-electron chi connectivity index (χ1n) is 6.91. The van der Waals surface area contributed by atoms with Gasteiger partial charge in [0.15, 0.2) is 5.78 Å². The van der Waals surface area contributed by atoms with E-state index < -0.39 is 4.92 Å². The zero-order valence-corrected chi connectivity index (χ0v) is 13.4. The maximum atomic E-state index is 12.1. The van der Waals surface area contributed by atoms with E-state index in [1.165, 1.54) is 25.1 Å². The lowest BCUT2D eigenvalue weighted by Crippen LogP contribution is -2.05. The molecule has 0 radical (unpaired) electrons. The fraction of sp³-hybridized carbons (Fsp3) is 0.0588. The minimum absolute atomic E-state index is 0.0194. The Labute approximate surface area is 142 Å². The maximum absolute atomic E-state index is 12.1. The Kier molecular flexibility index (Phi) is 5.44. The van der Waals surface area contributed by atoms with E-state index in [1.54, 1.807) is 30.3 Å². The molecular weight excluding hydrogens is 332 g/mol. The smallest absolute Gasteiger partial charge is 0.288 e. The summed E-state index contributed by atoms with van der Waals surface area (Å²) in [6, 6.07) is 10.8. The molecule has 6 nitrogen and oxygen atoms in total. The molecule has 0 aliphatic rings. The summed E-state index contributed by atoms with van der Waals surface area (Å²) in [4.78, 5) is 33.3. The van der Waals surface area contributed by atoms with Crippen molar-refractivity contribution in [2.24, 2.45) is 0 Å². The normalized spacial score (nSPS) is 10.6. The average molecular weight is 345 g/mol. The second-order valence-electron chi connectivity index (χ2n) is 4.92. The van der Waals surface area contributed by atoms with Crippen molar-refractivity contribution in [2.75, 3.05) is 5.32 Å². The van der Waals surface area contributed by atoms with Crippen molar-refractivity contribution in [3.8, 4) is 0 Å². The van der Waals surface area contributed by atoms with Gasteiger partial charge in [0.1, 0.15) is 5.02 Å². The molecule has 2 aromatic rings. The number of anilines is 1. The molecule has 24 heavy (non-hydrogen) atoms. The van der Waals surface area contributed by atoms with E-state index in [4.69, 9.17) is 11.6 Å². The highest BCUT2D eigenvalue weighted by Gasteiger charge is 2.14. The van der Waals surface area contributed by atoms with Crippen molar-refractivity contribution in [1.29, 1.82) is 0 Å². The number of ketones is 1. The third-order valence-electron chi connectivity index (χ3n) is 3.09. The van der Waals surface area contributed by atoms with Crippen LogP contribution in [0.4, 0.5) is 11.4 Å². The van der Waals surface area contributed by atoms with Crippen LogP contribution in [0, 0.1) is 10.1 Å². The summed E-state index contributed by atoms with van der Waals surface area (Å²) < 4.78 is 0. The number of nitro benzene ring substituents is 1. The number of nitrogens with one attached hydrogen (secondary N) is 1. The minimum atomic E-state index is -0.635. The van der Waals surface area contributed by atoms with Gasteiger partial charge < -0.3 is 5.32 Å². The number of rotatable bonds is 5. The molecule has 0 saturated heterocycles. The standard InChI is InChI=1S/C17H13ClN2O4/c1-11(21)19-14-6-2-12(3-7-14)4-9-17(22)13-5-8-15(18)16(10-13)20(23)24/h2-10H,1H3,(H,19,21)/b9-4+. The van der Waals surface area contributed by atoms with Gasteiger partial charge in [0.2, 0.25) is 5.91 Å². The lowest BCUT2D eigenvalue weighted by Gasteiger charge is -2.02. The molecule has 7 heteroatoms. The molecule has 2 rings (SSSR count). The number of halogens is 1. The molecule has 0 unspecified atom stereocenters. The van der Waals surface area contributed by atoms with Crippen LogP contribution in [0.1, 0.15) is 22.8 Å². The molecular formula is C17H13ClN2O4. The van der Waals surface area contributed by atoms with E-state index in [0.29, 0.717) is 5.69 Å². The van der Waals surface area contributed by atoms with Gasteiger partial charge in [0, 0.05) is 24.2 Å². The predicted octanol–water partition coefficient (Wildman–Crippen LogP) is 4.10. The quantitative estimate of drug-likeness (QED) is 0.382. The summed E-state index contributed by atoms with van der Waals surface area (Å²) in [5.74, 6) is -0.543. The van der Waals surface area contributed by atoms with E-state index in [9.17, 15) is 19.7 Å². The van der Waals surface area contributed by atoms with Gasteiger partial charge in [0.05, 0.1) is 4.92 Å². The third kappa shape index (κ3) is 4.50. The highest BCUT2D eigenvalue weighted by Crippen LogP contribution is 2.25. The summed E-state index contributed by atoms with van der Waals surface area (Å²) >= 11 is 5.72. The van der Waals surface area contributed by atoms with E-state index in [0.717, 1.165) is 11.6 Å². The van der Waals surface area contributed by atoms with Crippen LogP contribution in [-0.4, -0.2) is 16.6 Å². The van der Waals surface area contributed by atoms with Gasteiger partial charge in [-0.3, -0.25) is 19.7 Å². The number of nitro groups is 1. The second kappa shape index (κ2) is 7.52. The Morgan fingerprint density at radius 1 is 1.17 bits per heavy atom. The van der Waals surface area contributed by atoms with Crippen molar-refractivity contribution in [2.45, 2.75) is 6.92 Å². The van der Waals surface area contributed by atoms with Gasteiger partial charge in [0.25, 0.3) is 5.69 Å². The number of carbonyl (C=O) groups excluding carboxylic acids is 2. The molecule has 2 aromatic carbocycles. The van der Waals surface area contributed by atoms with Crippen LogP contribution in [0.3, 0.4) is 0 Å².